The van der Waals surface area contributed by atoms with E-state index in [4.69, 9.17) is 16.6 Å². The summed E-state index contributed by atoms with van der Waals surface area (Å²) in [5.41, 5.74) is 3.79. The molecule has 32 heavy (non-hydrogen) atoms. The summed E-state index contributed by atoms with van der Waals surface area (Å²) in [4.78, 5) is 18.5. The average Bonchev–Trinajstić information content (AvgIpc) is 3.24. The highest BCUT2D eigenvalue weighted by molar-refractivity contribution is 6.30. The van der Waals surface area contributed by atoms with Crippen molar-refractivity contribution >= 4 is 22.6 Å². The predicted molar refractivity (Wildman–Crippen MR) is 129 cm³/mol. The third kappa shape index (κ3) is 3.61. The minimum absolute atomic E-state index is 0.192. The van der Waals surface area contributed by atoms with Crippen LogP contribution >= 0.6 is 11.6 Å². The van der Waals surface area contributed by atoms with Gasteiger partial charge in [0.05, 0.1) is 11.4 Å². The lowest BCUT2D eigenvalue weighted by molar-refractivity contribution is 0.866. The highest BCUT2D eigenvalue weighted by atomic mass is 35.5. The monoisotopic (exact) mass is 440 g/mol. The van der Waals surface area contributed by atoms with Crippen molar-refractivity contribution in [2.75, 3.05) is 0 Å². The summed E-state index contributed by atoms with van der Waals surface area (Å²) in [5.74, 6) is 0.939. The molecule has 0 fully saturated rings. The Bertz CT molecular complexity index is 1470. The Labute approximate surface area is 190 Å². The molecule has 0 aliphatic carbocycles. The Morgan fingerprint density at radius 2 is 1.59 bits per heavy atom. The van der Waals surface area contributed by atoms with Gasteiger partial charge >= 0.3 is 0 Å². The molecule has 6 heteroatoms. The maximum atomic E-state index is 13.7. The second kappa shape index (κ2) is 8.09. The highest BCUT2D eigenvalue weighted by Crippen LogP contribution is 2.25. The van der Waals surface area contributed by atoms with Crippen molar-refractivity contribution in [2.24, 2.45) is 0 Å². The van der Waals surface area contributed by atoms with Gasteiger partial charge in [0, 0.05) is 16.8 Å². The van der Waals surface area contributed by atoms with Gasteiger partial charge in [0.15, 0.2) is 5.65 Å². The number of fused-ring (bicyclic) bond motifs is 1. The van der Waals surface area contributed by atoms with E-state index >= 15 is 0 Å². The second-order valence-corrected chi connectivity index (χ2v) is 8.42. The van der Waals surface area contributed by atoms with Gasteiger partial charge < -0.3 is 0 Å². The highest BCUT2D eigenvalue weighted by Gasteiger charge is 2.18. The zero-order valence-electron chi connectivity index (χ0n) is 17.7. The molecule has 0 bridgehead atoms. The number of nitrogens with zero attached hydrogens (tertiary/aromatic N) is 4. The van der Waals surface area contributed by atoms with E-state index in [1.165, 1.54) is 5.56 Å². The maximum Gasteiger partial charge on any atom is 0.269 e. The summed E-state index contributed by atoms with van der Waals surface area (Å²) >= 11 is 6.25. The molecule has 5 aromatic rings. The van der Waals surface area contributed by atoms with Crippen LogP contribution in [0.5, 0.6) is 0 Å². The first kappa shape index (κ1) is 20.2. The van der Waals surface area contributed by atoms with E-state index in [1.807, 2.05) is 54.6 Å². The molecule has 0 radical (unpaired) electrons. The van der Waals surface area contributed by atoms with Crippen molar-refractivity contribution < 1.29 is 0 Å². The summed E-state index contributed by atoms with van der Waals surface area (Å²) in [6.45, 7) is 4.30. The van der Waals surface area contributed by atoms with Gasteiger partial charge in [0.1, 0.15) is 11.2 Å². The van der Waals surface area contributed by atoms with Crippen LogP contribution in [0.3, 0.4) is 0 Å². The molecule has 0 aliphatic rings. The van der Waals surface area contributed by atoms with Crippen molar-refractivity contribution in [3.63, 3.8) is 0 Å². The number of hydrogen-bond acceptors (Lipinski definition) is 3. The third-order valence-electron chi connectivity index (χ3n) is 5.47. The predicted octanol–water partition coefficient (Wildman–Crippen LogP) is 6.02. The topological polar surface area (TPSA) is 52.7 Å². The van der Waals surface area contributed by atoms with E-state index in [2.05, 4.69) is 31.1 Å². The summed E-state index contributed by atoms with van der Waals surface area (Å²) in [6, 6.07) is 25.1. The summed E-state index contributed by atoms with van der Waals surface area (Å²) in [5, 5.41) is 5.59. The molecule has 3 aromatic carbocycles. The number of para-hydroxylation sites is 1. The molecule has 158 valence electrons. The van der Waals surface area contributed by atoms with Gasteiger partial charge in [-0.3, -0.25) is 9.36 Å². The Kier molecular flexibility index (Phi) is 5.11. The molecule has 5 rings (SSSR count). The maximum absolute atomic E-state index is 13.7. The first-order valence-corrected chi connectivity index (χ1v) is 10.8. The zero-order valence-corrected chi connectivity index (χ0v) is 18.5. The zero-order chi connectivity index (χ0) is 22.2. The van der Waals surface area contributed by atoms with Crippen molar-refractivity contribution in [3.05, 3.63) is 106 Å². The molecule has 0 saturated carbocycles. The van der Waals surface area contributed by atoms with Crippen molar-refractivity contribution in [2.45, 2.75) is 19.8 Å². The number of aromatic nitrogens is 4. The second-order valence-electron chi connectivity index (χ2n) is 7.98. The van der Waals surface area contributed by atoms with Crippen LogP contribution in [0.15, 0.2) is 89.9 Å². The molecule has 0 aliphatic heterocycles. The van der Waals surface area contributed by atoms with Crippen LogP contribution in [0.4, 0.5) is 0 Å². The first-order chi connectivity index (χ1) is 15.5. The van der Waals surface area contributed by atoms with E-state index in [-0.39, 0.29) is 5.56 Å². The minimum atomic E-state index is -0.192. The molecular formula is C26H21ClN4O. The SMILES string of the molecule is CC(C)c1ccc(-c2nc3nn(-c4ccccc4)cc3c(=O)n2-c2cccc(Cl)c2)cc1. The number of rotatable bonds is 4. The Morgan fingerprint density at radius 1 is 0.875 bits per heavy atom. The Hall–Kier alpha value is -3.70. The first-order valence-electron chi connectivity index (χ1n) is 10.5. The number of hydrogen-bond donors (Lipinski definition) is 0. The van der Waals surface area contributed by atoms with Crippen LogP contribution in [-0.4, -0.2) is 19.3 Å². The average molecular weight is 441 g/mol. The van der Waals surface area contributed by atoms with E-state index < -0.39 is 0 Å². The number of benzene rings is 3. The molecule has 0 amide bonds. The summed E-state index contributed by atoms with van der Waals surface area (Å²) in [6.07, 6.45) is 1.73. The molecule has 0 atom stereocenters. The van der Waals surface area contributed by atoms with E-state index in [0.717, 1.165) is 11.3 Å². The fraction of sp³-hybridized carbons (Fsp3) is 0.115. The van der Waals surface area contributed by atoms with Crippen molar-refractivity contribution in [1.29, 1.82) is 0 Å². The standard InChI is InChI=1S/C26H21ClN4O/c1-17(2)18-11-13-19(14-12-18)25-28-24-23(16-30(29-24)21-8-4-3-5-9-21)26(32)31(25)22-10-6-7-20(27)15-22/h3-17H,1-2H3. The van der Waals surface area contributed by atoms with Crippen LogP contribution < -0.4 is 5.56 Å². The van der Waals surface area contributed by atoms with Gasteiger partial charge in [-0.05, 0) is 41.8 Å². The lowest BCUT2D eigenvalue weighted by atomic mass is 10.0. The molecule has 2 aromatic heterocycles. The van der Waals surface area contributed by atoms with Crippen molar-refractivity contribution in [1.82, 2.24) is 19.3 Å². The fourth-order valence-corrected chi connectivity index (χ4v) is 3.93. The van der Waals surface area contributed by atoms with Crippen LogP contribution in [0.2, 0.25) is 5.02 Å². The third-order valence-corrected chi connectivity index (χ3v) is 5.71. The van der Waals surface area contributed by atoms with Gasteiger partial charge in [-0.15, -0.1) is 5.10 Å². The largest absolute Gasteiger partial charge is 0.269 e. The molecule has 0 unspecified atom stereocenters. The van der Waals surface area contributed by atoms with Gasteiger partial charge in [0.25, 0.3) is 5.56 Å². The molecule has 2 heterocycles. The lowest BCUT2D eigenvalue weighted by Gasteiger charge is -2.13. The normalized spacial score (nSPS) is 11.4. The molecule has 0 saturated heterocycles. The Balaban J connectivity index is 1.78. The van der Waals surface area contributed by atoms with Gasteiger partial charge in [-0.25, -0.2) is 9.67 Å². The summed E-state index contributed by atoms with van der Waals surface area (Å²) < 4.78 is 3.29. The quantitative estimate of drug-likeness (QED) is 0.343. The van der Waals surface area contributed by atoms with Crippen molar-refractivity contribution in [3.8, 4) is 22.8 Å². The van der Waals surface area contributed by atoms with Gasteiger partial charge in [0.2, 0.25) is 0 Å². The molecule has 0 spiro atoms. The Morgan fingerprint density at radius 3 is 2.28 bits per heavy atom. The molecule has 0 N–H and O–H groups in total. The van der Waals surface area contributed by atoms with Crippen LogP contribution in [0, 0.1) is 0 Å². The van der Waals surface area contributed by atoms with E-state index in [0.29, 0.717) is 33.5 Å². The smallest absolute Gasteiger partial charge is 0.268 e. The molecular weight excluding hydrogens is 420 g/mol. The van der Waals surface area contributed by atoms with Crippen LogP contribution in [0.25, 0.3) is 33.8 Å². The van der Waals surface area contributed by atoms with Gasteiger partial charge in [-0.1, -0.05) is 74.0 Å². The van der Waals surface area contributed by atoms with Gasteiger partial charge in [-0.2, -0.15) is 0 Å². The fourth-order valence-electron chi connectivity index (χ4n) is 3.74. The van der Waals surface area contributed by atoms with Crippen LogP contribution in [0.1, 0.15) is 25.3 Å². The lowest BCUT2D eigenvalue weighted by Crippen LogP contribution is -2.21. The van der Waals surface area contributed by atoms with E-state index in [1.54, 1.807) is 27.6 Å². The minimum Gasteiger partial charge on any atom is -0.268 e. The summed E-state index contributed by atoms with van der Waals surface area (Å²) in [7, 11) is 0. The van der Waals surface area contributed by atoms with Crippen LogP contribution in [-0.2, 0) is 0 Å². The molecule has 5 nitrogen and oxygen atoms in total. The van der Waals surface area contributed by atoms with E-state index in [9.17, 15) is 4.79 Å². The number of halogens is 1.